The normalized spacial score (nSPS) is 20.5. The van der Waals surface area contributed by atoms with Crippen LogP contribution in [0.1, 0.15) is 24.1 Å². The summed E-state index contributed by atoms with van der Waals surface area (Å²) in [4.78, 5) is 19.6. The smallest absolute Gasteiger partial charge is 0.249 e. The monoisotopic (exact) mass is 452 g/mol. The second kappa shape index (κ2) is 8.10. The fourth-order valence-corrected chi connectivity index (χ4v) is 4.73. The van der Waals surface area contributed by atoms with Crippen LogP contribution in [0.25, 0.3) is 11.3 Å². The van der Waals surface area contributed by atoms with Gasteiger partial charge in [-0.1, -0.05) is 6.07 Å². The van der Waals surface area contributed by atoms with Gasteiger partial charge in [-0.15, -0.1) is 0 Å². The molecule has 3 aliphatic rings. The van der Waals surface area contributed by atoms with E-state index < -0.39 is 9.84 Å². The summed E-state index contributed by atoms with van der Waals surface area (Å²) in [5.41, 5.74) is 8.95. The lowest BCUT2D eigenvalue weighted by Gasteiger charge is -2.45. The number of piperidine rings is 1. The summed E-state index contributed by atoms with van der Waals surface area (Å²) >= 11 is 0. The standard InChI is InChI=1S/C22H24N6O3S/c1-32(29,30)22-26-19(10-20(27-22)28-12-18-6-5-17(28)13-31-18)15-8-14(21(23)25-11-15)9-16-4-2-3-7-24-16/h2-4,7-8,10-11,17-18H,5-6,9,12-13H2,1H3,(H2,23,25)/t17-,18-/m0/s1. The molecule has 6 rings (SSSR count). The van der Waals surface area contributed by atoms with Crippen molar-refractivity contribution in [3.63, 3.8) is 0 Å². The Morgan fingerprint density at radius 1 is 1.19 bits per heavy atom. The third-order valence-corrected chi connectivity index (χ3v) is 6.75. The molecule has 32 heavy (non-hydrogen) atoms. The van der Waals surface area contributed by atoms with Crippen molar-refractivity contribution in [2.45, 2.75) is 36.6 Å². The first-order valence-corrected chi connectivity index (χ1v) is 12.4. The van der Waals surface area contributed by atoms with Gasteiger partial charge in [0.25, 0.3) is 0 Å². The highest BCUT2D eigenvalue weighted by molar-refractivity contribution is 7.90. The molecule has 0 radical (unpaired) electrons. The average Bonchev–Trinajstić information content (AvgIpc) is 2.81. The highest BCUT2D eigenvalue weighted by Gasteiger charge is 2.36. The van der Waals surface area contributed by atoms with Crippen molar-refractivity contribution < 1.29 is 13.2 Å². The largest absolute Gasteiger partial charge is 0.383 e. The molecule has 2 atom stereocenters. The molecule has 9 nitrogen and oxygen atoms in total. The number of rotatable bonds is 5. The minimum absolute atomic E-state index is 0.142. The molecule has 3 fully saturated rings. The van der Waals surface area contributed by atoms with Gasteiger partial charge >= 0.3 is 0 Å². The molecule has 3 aromatic rings. The Morgan fingerprint density at radius 3 is 2.72 bits per heavy atom. The second-order valence-electron chi connectivity index (χ2n) is 8.27. The number of aromatic nitrogens is 4. The van der Waals surface area contributed by atoms with Crippen LogP contribution in [0, 0.1) is 0 Å². The Kier molecular flexibility index (Phi) is 5.26. The topological polar surface area (TPSA) is 124 Å². The fraction of sp³-hybridized carbons (Fsp3) is 0.364. The predicted molar refractivity (Wildman–Crippen MR) is 120 cm³/mol. The van der Waals surface area contributed by atoms with Crippen LogP contribution < -0.4 is 10.6 Å². The molecular formula is C22H24N6O3S. The number of hydrogen-bond acceptors (Lipinski definition) is 9. The van der Waals surface area contributed by atoms with Gasteiger partial charge in [0, 0.05) is 54.5 Å². The Labute approximate surface area is 186 Å². The van der Waals surface area contributed by atoms with Gasteiger partial charge in [-0.2, -0.15) is 0 Å². The van der Waals surface area contributed by atoms with E-state index in [0.717, 1.165) is 30.4 Å². The first-order chi connectivity index (χ1) is 15.4. The van der Waals surface area contributed by atoms with Gasteiger partial charge in [0.2, 0.25) is 15.0 Å². The van der Waals surface area contributed by atoms with Crippen LogP contribution in [0.4, 0.5) is 11.6 Å². The zero-order valence-electron chi connectivity index (χ0n) is 17.7. The zero-order chi connectivity index (χ0) is 22.3. The van der Waals surface area contributed by atoms with E-state index in [2.05, 4.69) is 24.8 Å². The Balaban J connectivity index is 1.56. The lowest BCUT2D eigenvalue weighted by molar-refractivity contribution is -0.0229. The number of sulfone groups is 1. The van der Waals surface area contributed by atoms with Crippen LogP contribution in [0.5, 0.6) is 0 Å². The van der Waals surface area contributed by atoms with Crippen molar-refractivity contribution in [2.24, 2.45) is 0 Å². The SMILES string of the molecule is CS(=O)(=O)c1nc(-c2cnc(N)c(Cc3ccccn3)c2)cc(N2C[C@@H]3CC[C@H]2CO3)n1. The van der Waals surface area contributed by atoms with E-state index in [0.29, 0.717) is 42.5 Å². The van der Waals surface area contributed by atoms with Crippen molar-refractivity contribution in [3.8, 4) is 11.3 Å². The van der Waals surface area contributed by atoms with E-state index in [1.165, 1.54) is 0 Å². The number of morpholine rings is 1. The Hall–Kier alpha value is -3.11. The molecule has 0 aromatic carbocycles. The summed E-state index contributed by atoms with van der Waals surface area (Å²) in [7, 11) is -3.61. The maximum absolute atomic E-state index is 12.4. The van der Waals surface area contributed by atoms with Crippen LogP contribution in [-0.2, 0) is 21.0 Å². The van der Waals surface area contributed by atoms with Gasteiger partial charge in [-0.25, -0.2) is 23.4 Å². The molecule has 6 heterocycles. The molecule has 0 aliphatic carbocycles. The molecule has 0 amide bonds. The third kappa shape index (κ3) is 4.15. The summed E-state index contributed by atoms with van der Waals surface area (Å²) < 4.78 is 30.5. The molecule has 0 spiro atoms. The first-order valence-electron chi connectivity index (χ1n) is 10.5. The van der Waals surface area contributed by atoms with Crippen molar-refractivity contribution in [3.05, 3.63) is 54.0 Å². The van der Waals surface area contributed by atoms with Crippen molar-refractivity contribution in [2.75, 3.05) is 30.0 Å². The first kappa shape index (κ1) is 20.8. The molecule has 3 aromatic heterocycles. The van der Waals surface area contributed by atoms with E-state index in [1.54, 1.807) is 12.4 Å². The highest BCUT2D eigenvalue weighted by Crippen LogP contribution is 2.32. The summed E-state index contributed by atoms with van der Waals surface area (Å²) in [6, 6.07) is 9.59. The van der Waals surface area contributed by atoms with E-state index in [9.17, 15) is 8.42 Å². The number of fused-ring (bicyclic) bond motifs is 3. The molecule has 2 bridgehead atoms. The summed E-state index contributed by atoms with van der Waals surface area (Å²) in [5.74, 6) is 0.999. The molecule has 10 heteroatoms. The number of anilines is 2. The zero-order valence-corrected chi connectivity index (χ0v) is 18.5. The lowest BCUT2D eigenvalue weighted by Crippen LogP contribution is -2.55. The molecule has 2 N–H and O–H groups in total. The van der Waals surface area contributed by atoms with Crippen molar-refractivity contribution in [1.82, 2.24) is 19.9 Å². The van der Waals surface area contributed by atoms with Crippen LogP contribution in [0.15, 0.2) is 47.9 Å². The third-order valence-electron chi connectivity index (χ3n) is 5.90. The Morgan fingerprint density at radius 2 is 2.06 bits per heavy atom. The second-order valence-corrected chi connectivity index (χ2v) is 10.2. The van der Waals surface area contributed by atoms with Gasteiger partial charge in [0.05, 0.1) is 24.4 Å². The summed E-state index contributed by atoms with van der Waals surface area (Å²) in [5, 5.41) is -0.199. The molecule has 0 saturated carbocycles. The number of nitrogen functional groups attached to an aromatic ring is 1. The lowest BCUT2D eigenvalue weighted by atomic mass is 9.97. The van der Waals surface area contributed by atoms with Crippen LogP contribution in [0.3, 0.4) is 0 Å². The van der Waals surface area contributed by atoms with E-state index >= 15 is 0 Å². The van der Waals surface area contributed by atoms with Gasteiger partial charge in [0.15, 0.2) is 0 Å². The maximum atomic E-state index is 12.4. The highest BCUT2D eigenvalue weighted by atomic mass is 32.2. The number of nitrogens with zero attached hydrogens (tertiary/aromatic N) is 5. The van der Waals surface area contributed by atoms with Gasteiger partial charge < -0.3 is 15.4 Å². The molecule has 166 valence electrons. The van der Waals surface area contributed by atoms with Gasteiger partial charge in [0.1, 0.15) is 11.6 Å². The summed E-state index contributed by atoms with van der Waals surface area (Å²) in [6.45, 7) is 1.31. The van der Waals surface area contributed by atoms with E-state index in [1.807, 2.05) is 30.3 Å². The van der Waals surface area contributed by atoms with E-state index in [-0.39, 0.29) is 17.3 Å². The van der Waals surface area contributed by atoms with E-state index in [4.69, 9.17) is 10.5 Å². The van der Waals surface area contributed by atoms with Gasteiger partial charge in [-0.05, 0) is 31.0 Å². The van der Waals surface area contributed by atoms with Crippen LogP contribution in [-0.4, -0.2) is 59.9 Å². The fourth-order valence-electron chi connectivity index (χ4n) is 4.21. The van der Waals surface area contributed by atoms with Crippen molar-refractivity contribution >= 4 is 21.5 Å². The maximum Gasteiger partial charge on any atom is 0.249 e. The van der Waals surface area contributed by atoms with Crippen LogP contribution in [0.2, 0.25) is 0 Å². The van der Waals surface area contributed by atoms with Crippen molar-refractivity contribution in [1.29, 1.82) is 0 Å². The number of ether oxygens (including phenoxy) is 1. The minimum atomic E-state index is -3.61. The Bertz CT molecular complexity index is 1240. The average molecular weight is 453 g/mol. The molecule has 3 aliphatic heterocycles. The quantitative estimate of drug-likeness (QED) is 0.578. The molecular weight excluding hydrogens is 428 g/mol. The van der Waals surface area contributed by atoms with Gasteiger partial charge in [-0.3, -0.25) is 4.98 Å². The molecule has 0 unspecified atom stereocenters. The predicted octanol–water partition coefficient (Wildman–Crippen LogP) is 1.88. The van der Waals surface area contributed by atoms with Crippen LogP contribution >= 0.6 is 0 Å². The summed E-state index contributed by atoms with van der Waals surface area (Å²) in [6.07, 6.45) is 7.12. The minimum Gasteiger partial charge on any atom is -0.383 e. The number of nitrogens with two attached hydrogens (primary N) is 1. The molecule has 3 saturated heterocycles. The number of pyridine rings is 2. The number of hydrogen-bond donors (Lipinski definition) is 1.